The summed E-state index contributed by atoms with van der Waals surface area (Å²) in [6, 6.07) is 12.9. The van der Waals surface area contributed by atoms with E-state index in [9.17, 15) is 13.2 Å². The van der Waals surface area contributed by atoms with E-state index in [1.165, 1.54) is 24.0 Å². The van der Waals surface area contributed by atoms with Gasteiger partial charge in [-0.05, 0) is 53.6 Å². The monoisotopic (exact) mass is 374 g/mol. The molecule has 1 atom stereocenters. The first-order chi connectivity index (χ1) is 12.3. The van der Waals surface area contributed by atoms with E-state index in [0.717, 1.165) is 23.1 Å². The molecule has 0 saturated carbocycles. The number of sulfonamides is 1. The lowest BCUT2D eigenvalue weighted by Crippen LogP contribution is -2.31. The average Bonchev–Trinajstić information content (AvgIpc) is 2.66. The van der Waals surface area contributed by atoms with Gasteiger partial charge in [-0.2, -0.15) is 0 Å². The molecule has 1 aliphatic rings. The van der Waals surface area contributed by atoms with E-state index in [2.05, 4.69) is 0 Å². The topological polar surface area (TPSA) is 86.7 Å². The second-order valence-corrected chi connectivity index (χ2v) is 8.87. The summed E-state index contributed by atoms with van der Waals surface area (Å²) in [5.74, 6) is -0.608. The largest absolute Gasteiger partial charge is 0.289 e. The van der Waals surface area contributed by atoms with Crippen molar-refractivity contribution in [2.75, 3.05) is 14.1 Å². The van der Waals surface area contributed by atoms with Gasteiger partial charge in [-0.1, -0.05) is 30.3 Å². The number of hydrogen-bond acceptors (Lipinski definition) is 4. The SMILES string of the molecule is CN(C)S(=O)(=O)c1cccc(-c2ccc3c(c2)CC(C(=O)NO)CC3)c1. The van der Waals surface area contributed by atoms with Crippen LogP contribution in [0.3, 0.4) is 0 Å². The molecule has 6 nitrogen and oxygen atoms in total. The van der Waals surface area contributed by atoms with Crippen molar-refractivity contribution in [2.45, 2.75) is 24.2 Å². The van der Waals surface area contributed by atoms with Crippen LogP contribution in [0, 0.1) is 5.92 Å². The molecular weight excluding hydrogens is 352 g/mol. The first-order valence-corrected chi connectivity index (χ1v) is 9.85. The smallest absolute Gasteiger partial charge is 0.246 e. The van der Waals surface area contributed by atoms with Gasteiger partial charge in [0.25, 0.3) is 0 Å². The molecule has 2 aromatic rings. The molecule has 26 heavy (non-hydrogen) atoms. The van der Waals surface area contributed by atoms with Crippen molar-refractivity contribution < 1.29 is 18.4 Å². The molecule has 2 aromatic carbocycles. The second-order valence-electron chi connectivity index (χ2n) is 6.71. The number of hydroxylamine groups is 1. The standard InChI is InChI=1S/C19H22N2O4S/c1-21(2)26(24,25)18-5-3-4-14(12-18)15-8-6-13-7-9-16(19(22)20-23)11-17(13)10-15/h3-6,8,10,12,16,23H,7,9,11H2,1-2H3,(H,20,22). The Morgan fingerprint density at radius 1 is 1.12 bits per heavy atom. The van der Waals surface area contributed by atoms with Crippen LogP contribution in [-0.2, 0) is 27.7 Å². The molecule has 1 unspecified atom stereocenters. The molecular formula is C19H22N2O4S. The van der Waals surface area contributed by atoms with Gasteiger partial charge in [0.2, 0.25) is 15.9 Å². The fourth-order valence-corrected chi connectivity index (χ4v) is 4.25. The molecule has 7 heteroatoms. The Labute approximate surface area is 153 Å². The highest BCUT2D eigenvalue weighted by atomic mass is 32.2. The Bertz CT molecular complexity index is 938. The summed E-state index contributed by atoms with van der Waals surface area (Å²) in [6.45, 7) is 0. The molecule has 2 N–H and O–H groups in total. The Morgan fingerprint density at radius 2 is 1.85 bits per heavy atom. The van der Waals surface area contributed by atoms with E-state index in [1.54, 1.807) is 23.7 Å². The number of benzene rings is 2. The summed E-state index contributed by atoms with van der Waals surface area (Å²) < 4.78 is 25.9. The first-order valence-electron chi connectivity index (χ1n) is 8.41. The van der Waals surface area contributed by atoms with Gasteiger partial charge in [-0.15, -0.1) is 0 Å². The number of carbonyl (C=O) groups excluding carboxylic acids is 1. The van der Waals surface area contributed by atoms with E-state index in [4.69, 9.17) is 5.21 Å². The van der Waals surface area contributed by atoms with Gasteiger partial charge >= 0.3 is 0 Å². The fourth-order valence-electron chi connectivity index (χ4n) is 3.30. The van der Waals surface area contributed by atoms with Gasteiger partial charge < -0.3 is 0 Å². The predicted molar refractivity (Wildman–Crippen MR) is 98.2 cm³/mol. The zero-order chi connectivity index (χ0) is 18.9. The summed E-state index contributed by atoms with van der Waals surface area (Å²) in [4.78, 5) is 12.0. The summed E-state index contributed by atoms with van der Waals surface area (Å²) in [5, 5.41) is 8.86. The third-order valence-electron chi connectivity index (χ3n) is 4.86. The van der Waals surface area contributed by atoms with Crippen molar-refractivity contribution in [2.24, 2.45) is 5.92 Å². The highest BCUT2D eigenvalue weighted by Gasteiger charge is 2.25. The summed E-state index contributed by atoms with van der Waals surface area (Å²) in [5.41, 5.74) is 5.70. The number of aryl methyl sites for hydroxylation is 1. The van der Waals surface area contributed by atoms with Crippen LogP contribution in [0.2, 0.25) is 0 Å². The minimum atomic E-state index is -3.50. The maximum absolute atomic E-state index is 12.4. The molecule has 0 aliphatic heterocycles. The van der Waals surface area contributed by atoms with Crippen molar-refractivity contribution in [3.8, 4) is 11.1 Å². The molecule has 0 heterocycles. The molecule has 1 amide bonds. The fraction of sp³-hybridized carbons (Fsp3) is 0.316. The van der Waals surface area contributed by atoms with Gasteiger partial charge in [-0.25, -0.2) is 18.2 Å². The van der Waals surface area contributed by atoms with Crippen LogP contribution < -0.4 is 5.48 Å². The third kappa shape index (κ3) is 3.51. The minimum Gasteiger partial charge on any atom is -0.289 e. The van der Waals surface area contributed by atoms with Crippen molar-refractivity contribution in [3.63, 3.8) is 0 Å². The van der Waals surface area contributed by atoms with Crippen LogP contribution in [0.25, 0.3) is 11.1 Å². The average molecular weight is 374 g/mol. The number of amides is 1. The van der Waals surface area contributed by atoms with E-state index in [1.807, 2.05) is 24.3 Å². The van der Waals surface area contributed by atoms with Gasteiger partial charge in [0.05, 0.1) is 4.90 Å². The number of fused-ring (bicyclic) bond motifs is 1. The Hall–Kier alpha value is -2.22. The van der Waals surface area contributed by atoms with E-state index in [-0.39, 0.29) is 16.7 Å². The van der Waals surface area contributed by atoms with Crippen LogP contribution in [0.4, 0.5) is 0 Å². The molecule has 1 aliphatic carbocycles. The van der Waals surface area contributed by atoms with Crippen LogP contribution in [-0.4, -0.2) is 37.9 Å². The number of rotatable bonds is 4. The zero-order valence-corrected chi connectivity index (χ0v) is 15.6. The molecule has 0 saturated heterocycles. The normalized spacial score (nSPS) is 17.0. The van der Waals surface area contributed by atoms with E-state index in [0.29, 0.717) is 12.8 Å². The van der Waals surface area contributed by atoms with Crippen LogP contribution in [0.1, 0.15) is 17.5 Å². The molecule has 0 spiro atoms. The van der Waals surface area contributed by atoms with E-state index >= 15 is 0 Å². The summed E-state index contributed by atoms with van der Waals surface area (Å²) in [6.07, 6.45) is 2.04. The molecule has 0 aromatic heterocycles. The lowest BCUT2D eigenvalue weighted by molar-refractivity contribution is -0.133. The molecule has 138 valence electrons. The van der Waals surface area contributed by atoms with Gasteiger partial charge in [0, 0.05) is 20.0 Å². The Kier molecular flexibility index (Phi) is 5.13. The van der Waals surface area contributed by atoms with Crippen LogP contribution in [0.15, 0.2) is 47.4 Å². The lowest BCUT2D eigenvalue weighted by atomic mass is 9.82. The Morgan fingerprint density at radius 3 is 2.54 bits per heavy atom. The highest BCUT2D eigenvalue weighted by Crippen LogP contribution is 2.31. The minimum absolute atomic E-state index is 0.246. The highest BCUT2D eigenvalue weighted by molar-refractivity contribution is 7.89. The predicted octanol–water partition coefficient (Wildman–Crippen LogP) is 2.21. The van der Waals surface area contributed by atoms with Crippen molar-refractivity contribution in [1.29, 1.82) is 0 Å². The number of carbonyl (C=O) groups is 1. The van der Waals surface area contributed by atoms with Crippen molar-refractivity contribution in [1.82, 2.24) is 9.79 Å². The summed E-state index contributed by atoms with van der Waals surface area (Å²) >= 11 is 0. The quantitative estimate of drug-likeness (QED) is 0.635. The molecule has 0 radical (unpaired) electrons. The van der Waals surface area contributed by atoms with Gasteiger partial charge in [0.1, 0.15) is 0 Å². The number of nitrogens with zero attached hydrogens (tertiary/aromatic N) is 1. The molecule has 3 rings (SSSR count). The third-order valence-corrected chi connectivity index (χ3v) is 6.67. The first kappa shape index (κ1) is 18.6. The maximum atomic E-state index is 12.4. The van der Waals surface area contributed by atoms with Crippen LogP contribution in [0.5, 0.6) is 0 Å². The van der Waals surface area contributed by atoms with Gasteiger partial charge in [-0.3, -0.25) is 10.0 Å². The maximum Gasteiger partial charge on any atom is 0.246 e. The second kappa shape index (κ2) is 7.19. The van der Waals surface area contributed by atoms with Crippen LogP contribution >= 0.6 is 0 Å². The lowest BCUT2D eigenvalue weighted by Gasteiger charge is -2.23. The van der Waals surface area contributed by atoms with E-state index < -0.39 is 10.0 Å². The molecule has 0 fully saturated rings. The number of nitrogens with one attached hydrogen (secondary N) is 1. The summed E-state index contributed by atoms with van der Waals surface area (Å²) in [7, 11) is -0.481. The van der Waals surface area contributed by atoms with Gasteiger partial charge in [0.15, 0.2) is 0 Å². The molecule has 0 bridgehead atoms. The Balaban J connectivity index is 1.96. The number of hydrogen-bond donors (Lipinski definition) is 2. The zero-order valence-electron chi connectivity index (χ0n) is 14.8. The van der Waals surface area contributed by atoms with Crippen molar-refractivity contribution >= 4 is 15.9 Å². The van der Waals surface area contributed by atoms with Crippen molar-refractivity contribution in [3.05, 3.63) is 53.6 Å².